The van der Waals surface area contributed by atoms with Gasteiger partial charge in [-0.15, -0.1) is 0 Å². The third-order valence-corrected chi connectivity index (χ3v) is 4.30. The Labute approximate surface area is 81.8 Å². The summed E-state index contributed by atoms with van der Waals surface area (Å²) in [6.07, 6.45) is 7.12. The Morgan fingerprint density at radius 1 is 1.58 bits per heavy atom. The number of hydrogen-bond donors (Lipinski definition) is 1. The summed E-state index contributed by atoms with van der Waals surface area (Å²) in [5.74, 6) is 0. The van der Waals surface area contributed by atoms with Crippen LogP contribution in [-0.2, 0) is 0 Å². The van der Waals surface area contributed by atoms with Gasteiger partial charge in [-0.2, -0.15) is 12.6 Å². The Kier molecular flexibility index (Phi) is 2.63. The largest absolute Gasteiger partial charge is 0.176 e. The highest BCUT2D eigenvalue weighted by Crippen LogP contribution is 2.69. The first-order valence-electron chi connectivity index (χ1n) is 4.84. The zero-order valence-electron chi connectivity index (χ0n) is 8.59. The first-order chi connectivity index (χ1) is 5.52. The van der Waals surface area contributed by atoms with Crippen molar-refractivity contribution in [2.24, 2.45) is 10.8 Å². The molecule has 1 fully saturated rings. The summed E-state index contributed by atoms with van der Waals surface area (Å²) in [7, 11) is 0. The normalized spacial score (nSPS) is 43.4. The van der Waals surface area contributed by atoms with Gasteiger partial charge in [-0.25, -0.2) is 0 Å². The van der Waals surface area contributed by atoms with Gasteiger partial charge >= 0.3 is 0 Å². The van der Waals surface area contributed by atoms with Gasteiger partial charge in [0.1, 0.15) is 0 Å². The lowest BCUT2D eigenvalue weighted by Gasteiger charge is -2.21. The highest BCUT2D eigenvalue weighted by molar-refractivity contribution is 7.81. The predicted molar refractivity (Wildman–Crippen MR) is 58.7 cm³/mol. The molecule has 0 saturated heterocycles. The van der Waals surface area contributed by atoms with E-state index in [2.05, 4.69) is 52.5 Å². The Balaban J connectivity index is 2.78. The van der Waals surface area contributed by atoms with Crippen LogP contribution in [0.3, 0.4) is 0 Å². The molecule has 1 rings (SSSR count). The van der Waals surface area contributed by atoms with Gasteiger partial charge in [0.2, 0.25) is 0 Å². The molecule has 0 aromatic carbocycles. The Bertz CT molecular complexity index is 195. The second-order valence-corrected chi connectivity index (χ2v) is 5.05. The molecule has 0 amide bonds. The Morgan fingerprint density at radius 2 is 2.17 bits per heavy atom. The molecule has 0 N–H and O–H groups in total. The minimum atomic E-state index is 0.442. The molecule has 70 valence electrons. The van der Waals surface area contributed by atoms with Gasteiger partial charge in [0.05, 0.1) is 0 Å². The number of rotatable bonds is 3. The van der Waals surface area contributed by atoms with E-state index in [-0.39, 0.29) is 0 Å². The van der Waals surface area contributed by atoms with Crippen LogP contribution in [0.15, 0.2) is 12.2 Å². The van der Waals surface area contributed by atoms with Gasteiger partial charge in [0, 0.05) is 5.25 Å². The molecular weight excluding hydrogens is 164 g/mol. The van der Waals surface area contributed by atoms with Gasteiger partial charge in [-0.05, 0) is 30.6 Å². The van der Waals surface area contributed by atoms with Crippen LogP contribution in [0, 0.1) is 10.8 Å². The summed E-state index contributed by atoms with van der Waals surface area (Å²) >= 11 is 4.57. The van der Waals surface area contributed by atoms with E-state index in [1.165, 1.54) is 12.8 Å². The highest BCUT2D eigenvalue weighted by atomic mass is 32.1. The molecule has 1 heteroatoms. The van der Waals surface area contributed by atoms with E-state index in [1.807, 2.05) is 0 Å². The van der Waals surface area contributed by atoms with E-state index in [4.69, 9.17) is 0 Å². The molecule has 0 aliphatic heterocycles. The maximum absolute atomic E-state index is 4.57. The Hall–Kier alpha value is 0.0900. The molecule has 0 aromatic rings. The number of allylic oxidation sites excluding steroid dienone is 2. The number of thiol groups is 1. The maximum atomic E-state index is 4.57. The van der Waals surface area contributed by atoms with Gasteiger partial charge in [0.25, 0.3) is 0 Å². The van der Waals surface area contributed by atoms with Crippen molar-refractivity contribution in [3.63, 3.8) is 0 Å². The average Bonchev–Trinajstić information content (AvgIpc) is 2.60. The summed E-state index contributed by atoms with van der Waals surface area (Å²) in [5, 5.41) is 0.508. The predicted octanol–water partition coefficient (Wildman–Crippen LogP) is 3.69. The van der Waals surface area contributed by atoms with Crippen molar-refractivity contribution in [1.82, 2.24) is 0 Å². The minimum absolute atomic E-state index is 0.442. The molecule has 0 aromatic heterocycles. The lowest BCUT2D eigenvalue weighted by Crippen LogP contribution is -2.17. The van der Waals surface area contributed by atoms with Crippen LogP contribution >= 0.6 is 12.6 Å². The van der Waals surface area contributed by atoms with Crippen molar-refractivity contribution in [3.8, 4) is 0 Å². The molecule has 0 radical (unpaired) electrons. The molecule has 0 spiro atoms. The lowest BCUT2D eigenvalue weighted by molar-refractivity contribution is 0.415. The van der Waals surface area contributed by atoms with Gasteiger partial charge in [-0.1, -0.05) is 32.9 Å². The zero-order valence-corrected chi connectivity index (χ0v) is 9.49. The quantitative estimate of drug-likeness (QED) is 0.502. The summed E-state index contributed by atoms with van der Waals surface area (Å²) in [4.78, 5) is 0. The smallest absolute Gasteiger partial charge is 0.00509 e. The maximum Gasteiger partial charge on any atom is 0.00509 e. The van der Waals surface area contributed by atoms with Crippen molar-refractivity contribution in [3.05, 3.63) is 12.2 Å². The van der Waals surface area contributed by atoms with Crippen LogP contribution in [-0.4, -0.2) is 5.25 Å². The van der Waals surface area contributed by atoms with E-state index >= 15 is 0 Å². The third kappa shape index (κ3) is 1.22. The summed E-state index contributed by atoms with van der Waals surface area (Å²) in [6, 6.07) is 0. The monoisotopic (exact) mass is 184 g/mol. The first kappa shape index (κ1) is 10.2. The van der Waals surface area contributed by atoms with Gasteiger partial charge in [-0.3, -0.25) is 0 Å². The zero-order chi connectivity index (χ0) is 9.41. The van der Waals surface area contributed by atoms with Crippen LogP contribution in [0.1, 0.15) is 40.5 Å². The molecule has 0 bridgehead atoms. The van der Waals surface area contributed by atoms with Crippen LogP contribution in [0.2, 0.25) is 0 Å². The van der Waals surface area contributed by atoms with Gasteiger partial charge in [0.15, 0.2) is 0 Å². The van der Waals surface area contributed by atoms with E-state index in [0.29, 0.717) is 16.1 Å². The average molecular weight is 184 g/mol. The van der Waals surface area contributed by atoms with Crippen LogP contribution in [0.5, 0.6) is 0 Å². The molecule has 0 heterocycles. The SMILES string of the molecule is CC=C[C@@]1(CC)CC1(C)C(C)S. The van der Waals surface area contributed by atoms with Gasteiger partial charge < -0.3 is 0 Å². The highest BCUT2D eigenvalue weighted by Gasteiger charge is 2.62. The molecular formula is C11H20S. The van der Waals surface area contributed by atoms with Crippen molar-refractivity contribution in [2.75, 3.05) is 0 Å². The van der Waals surface area contributed by atoms with E-state index in [1.54, 1.807) is 0 Å². The summed E-state index contributed by atoms with van der Waals surface area (Å²) in [6.45, 7) is 8.96. The van der Waals surface area contributed by atoms with Crippen molar-refractivity contribution < 1.29 is 0 Å². The fourth-order valence-corrected chi connectivity index (χ4v) is 2.74. The van der Waals surface area contributed by atoms with Crippen molar-refractivity contribution >= 4 is 12.6 Å². The Morgan fingerprint density at radius 3 is 2.42 bits per heavy atom. The van der Waals surface area contributed by atoms with Crippen LogP contribution in [0.4, 0.5) is 0 Å². The van der Waals surface area contributed by atoms with E-state index in [9.17, 15) is 0 Å². The molecule has 1 aliphatic carbocycles. The van der Waals surface area contributed by atoms with Crippen molar-refractivity contribution in [1.29, 1.82) is 0 Å². The molecule has 3 atom stereocenters. The third-order valence-electron chi connectivity index (χ3n) is 3.73. The van der Waals surface area contributed by atoms with E-state index < -0.39 is 0 Å². The lowest BCUT2D eigenvalue weighted by atomic mass is 9.89. The van der Waals surface area contributed by atoms with E-state index in [0.717, 1.165) is 0 Å². The fraction of sp³-hybridized carbons (Fsp3) is 0.818. The molecule has 2 unspecified atom stereocenters. The molecule has 1 aliphatic rings. The second kappa shape index (κ2) is 3.10. The molecule has 12 heavy (non-hydrogen) atoms. The van der Waals surface area contributed by atoms with Crippen LogP contribution in [0.25, 0.3) is 0 Å². The minimum Gasteiger partial charge on any atom is -0.176 e. The molecule has 1 saturated carbocycles. The van der Waals surface area contributed by atoms with Crippen molar-refractivity contribution in [2.45, 2.75) is 45.8 Å². The van der Waals surface area contributed by atoms with Crippen LogP contribution < -0.4 is 0 Å². The molecule has 0 nitrogen and oxygen atoms in total. The topological polar surface area (TPSA) is 0 Å². The summed E-state index contributed by atoms with van der Waals surface area (Å²) in [5.41, 5.74) is 0.903. The number of hydrogen-bond acceptors (Lipinski definition) is 1. The summed E-state index contributed by atoms with van der Waals surface area (Å²) < 4.78 is 0. The standard InChI is InChI=1S/C11H20S/c1-5-7-11(6-2)8-10(11,4)9(3)12/h5,7,9,12H,6,8H2,1-4H3/t9?,10?,11-/m0/s1. The second-order valence-electron chi connectivity index (χ2n) is 4.28. The fourth-order valence-electron chi connectivity index (χ4n) is 2.39. The first-order valence-corrected chi connectivity index (χ1v) is 5.36.